The van der Waals surface area contributed by atoms with Gasteiger partial charge in [0.25, 0.3) is 0 Å². The molecule has 1 aliphatic rings. The molecule has 23 heavy (non-hydrogen) atoms. The second kappa shape index (κ2) is 6.42. The Morgan fingerprint density at radius 2 is 2.13 bits per heavy atom. The maximum Gasteiger partial charge on any atom is 0.310 e. The summed E-state index contributed by atoms with van der Waals surface area (Å²) in [6.07, 6.45) is 2.24. The fourth-order valence-electron chi connectivity index (χ4n) is 3.03. The largest absolute Gasteiger partial charge is 0.481 e. The van der Waals surface area contributed by atoms with Crippen molar-refractivity contribution in [2.75, 3.05) is 26.3 Å². The van der Waals surface area contributed by atoms with Crippen LogP contribution in [0.15, 0.2) is 30.5 Å². The molecular formula is C17H20N2O4. The van der Waals surface area contributed by atoms with Gasteiger partial charge in [0, 0.05) is 37.2 Å². The van der Waals surface area contributed by atoms with E-state index in [9.17, 15) is 14.7 Å². The molecule has 0 aliphatic carbocycles. The van der Waals surface area contributed by atoms with Gasteiger partial charge in [-0.3, -0.25) is 9.59 Å². The minimum absolute atomic E-state index is 0.0573. The third kappa shape index (κ3) is 3.22. The van der Waals surface area contributed by atoms with E-state index in [1.807, 2.05) is 42.1 Å². The summed E-state index contributed by atoms with van der Waals surface area (Å²) in [6, 6.07) is 7.95. The topological polar surface area (TPSA) is 71.8 Å². The number of aliphatic carboxylic acids is 1. The normalized spacial score (nSPS) is 18.8. The molecule has 122 valence electrons. The van der Waals surface area contributed by atoms with E-state index in [1.54, 1.807) is 4.90 Å². The number of carboxylic acids is 1. The number of hydrogen-bond donors (Lipinski definition) is 1. The Kier molecular flexibility index (Phi) is 4.34. The van der Waals surface area contributed by atoms with Gasteiger partial charge >= 0.3 is 5.97 Å². The van der Waals surface area contributed by atoms with Gasteiger partial charge in [0.1, 0.15) is 0 Å². The highest BCUT2D eigenvalue weighted by molar-refractivity contribution is 5.89. The maximum atomic E-state index is 12.6. The van der Waals surface area contributed by atoms with Crippen LogP contribution in [0.2, 0.25) is 0 Å². The molecule has 2 aromatic rings. The van der Waals surface area contributed by atoms with Gasteiger partial charge < -0.3 is 19.3 Å². The molecule has 1 aliphatic heterocycles. The van der Waals surface area contributed by atoms with E-state index in [4.69, 9.17) is 4.74 Å². The van der Waals surface area contributed by atoms with Crippen LogP contribution in [0.4, 0.5) is 0 Å². The van der Waals surface area contributed by atoms with E-state index in [0.29, 0.717) is 13.2 Å². The number of rotatable bonds is 3. The Hall–Kier alpha value is -2.34. The third-order valence-electron chi connectivity index (χ3n) is 4.29. The highest BCUT2D eigenvalue weighted by Crippen LogP contribution is 2.21. The molecule has 1 aromatic heterocycles. The minimum atomic E-state index is -0.921. The van der Waals surface area contributed by atoms with Crippen LogP contribution in [0, 0.1) is 5.92 Å². The molecule has 6 nitrogen and oxygen atoms in total. The van der Waals surface area contributed by atoms with Gasteiger partial charge in [-0.2, -0.15) is 0 Å². The van der Waals surface area contributed by atoms with Crippen molar-refractivity contribution in [2.24, 2.45) is 13.0 Å². The van der Waals surface area contributed by atoms with Gasteiger partial charge in [-0.25, -0.2) is 0 Å². The average molecular weight is 316 g/mol. The van der Waals surface area contributed by atoms with Crippen LogP contribution in [0.5, 0.6) is 0 Å². The van der Waals surface area contributed by atoms with Crippen molar-refractivity contribution in [1.82, 2.24) is 9.47 Å². The molecule has 1 aromatic carbocycles. The molecule has 1 unspecified atom stereocenters. The van der Waals surface area contributed by atoms with Gasteiger partial charge in [-0.1, -0.05) is 18.2 Å². The van der Waals surface area contributed by atoms with Crippen molar-refractivity contribution in [3.63, 3.8) is 0 Å². The molecule has 1 N–H and O–H groups in total. The van der Waals surface area contributed by atoms with Crippen molar-refractivity contribution in [3.8, 4) is 0 Å². The highest BCUT2D eigenvalue weighted by atomic mass is 16.5. The molecule has 3 rings (SSSR count). The summed E-state index contributed by atoms with van der Waals surface area (Å²) >= 11 is 0. The maximum absolute atomic E-state index is 12.6. The zero-order chi connectivity index (χ0) is 16.4. The molecule has 1 atom stereocenters. The first kappa shape index (κ1) is 15.6. The first-order chi connectivity index (χ1) is 11.1. The Labute approximate surface area is 134 Å². The Balaban J connectivity index is 1.78. The molecule has 2 heterocycles. The van der Waals surface area contributed by atoms with Gasteiger partial charge in [-0.15, -0.1) is 0 Å². The third-order valence-corrected chi connectivity index (χ3v) is 4.29. The van der Waals surface area contributed by atoms with Gasteiger partial charge in [-0.05, 0) is 11.6 Å². The number of carbonyl (C=O) groups excluding carboxylic acids is 1. The van der Waals surface area contributed by atoms with E-state index in [1.165, 1.54) is 0 Å². The summed E-state index contributed by atoms with van der Waals surface area (Å²) in [5, 5.41) is 10.2. The lowest BCUT2D eigenvalue weighted by Gasteiger charge is -2.21. The van der Waals surface area contributed by atoms with Crippen molar-refractivity contribution in [3.05, 3.63) is 36.0 Å². The molecule has 0 saturated carbocycles. The summed E-state index contributed by atoms with van der Waals surface area (Å²) < 4.78 is 7.30. The smallest absolute Gasteiger partial charge is 0.310 e. The molecule has 0 radical (unpaired) electrons. The fourth-order valence-corrected chi connectivity index (χ4v) is 3.03. The number of carboxylic acid groups (broad SMARTS) is 1. The summed E-state index contributed by atoms with van der Waals surface area (Å²) in [5.41, 5.74) is 2.04. The quantitative estimate of drug-likeness (QED) is 0.926. The molecular weight excluding hydrogens is 296 g/mol. The number of carbonyl (C=O) groups is 2. The summed E-state index contributed by atoms with van der Waals surface area (Å²) in [7, 11) is 1.95. The SMILES string of the molecule is Cn1cc(CC(=O)N2CCOCC(C(=O)O)C2)c2ccccc21. The van der Waals surface area contributed by atoms with Crippen LogP contribution in [0.3, 0.4) is 0 Å². The van der Waals surface area contributed by atoms with Crippen molar-refractivity contribution in [1.29, 1.82) is 0 Å². The first-order valence-electron chi connectivity index (χ1n) is 7.67. The Morgan fingerprint density at radius 1 is 1.35 bits per heavy atom. The second-order valence-electron chi connectivity index (χ2n) is 5.91. The highest BCUT2D eigenvalue weighted by Gasteiger charge is 2.27. The minimum Gasteiger partial charge on any atom is -0.481 e. The number of nitrogens with zero attached hydrogens (tertiary/aromatic N) is 2. The number of fused-ring (bicyclic) bond motifs is 1. The van der Waals surface area contributed by atoms with Crippen LogP contribution < -0.4 is 0 Å². The molecule has 1 fully saturated rings. The van der Waals surface area contributed by atoms with Crippen LogP contribution in [-0.4, -0.2) is 52.8 Å². The predicted octanol–water partition coefficient (Wildman–Crippen LogP) is 1.28. The van der Waals surface area contributed by atoms with Crippen molar-refractivity contribution >= 4 is 22.8 Å². The van der Waals surface area contributed by atoms with E-state index in [0.717, 1.165) is 16.5 Å². The van der Waals surface area contributed by atoms with E-state index in [2.05, 4.69) is 0 Å². The lowest BCUT2D eigenvalue weighted by molar-refractivity contribution is -0.144. The number of aromatic nitrogens is 1. The fraction of sp³-hybridized carbons (Fsp3) is 0.412. The monoisotopic (exact) mass is 316 g/mol. The predicted molar refractivity (Wildman–Crippen MR) is 85.1 cm³/mol. The van der Waals surface area contributed by atoms with Crippen LogP contribution in [-0.2, 0) is 27.8 Å². The van der Waals surface area contributed by atoms with Crippen LogP contribution in [0.1, 0.15) is 5.56 Å². The van der Waals surface area contributed by atoms with E-state index < -0.39 is 11.9 Å². The Bertz CT molecular complexity index is 737. The number of para-hydroxylation sites is 1. The number of benzene rings is 1. The number of amides is 1. The lowest BCUT2D eigenvalue weighted by atomic mass is 10.1. The van der Waals surface area contributed by atoms with Crippen LogP contribution in [0.25, 0.3) is 10.9 Å². The molecule has 6 heteroatoms. The number of hydrogen-bond acceptors (Lipinski definition) is 3. The molecule has 1 saturated heterocycles. The van der Waals surface area contributed by atoms with E-state index >= 15 is 0 Å². The standard InChI is InChI=1S/C17H20N2O4/c1-18-9-12(14-4-2-3-5-15(14)18)8-16(20)19-6-7-23-11-13(10-19)17(21)22/h2-5,9,13H,6-8,10-11H2,1H3,(H,21,22). The Morgan fingerprint density at radius 3 is 2.91 bits per heavy atom. The van der Waals surface area contributed by atoms with Gasteiger partial charge in [0.15, 0.2) is 0 Å². The zero-order valence-corrected chi connectivity index (χ0v) is 13.1. The summed E-state index contributed by atoms with van der Waals surface area (Å²) in [4.78, 5) is 25.4. The van der Waals surface area contributed by atoms with Crippen LogP contribution >= 0.6 is 0 Å². The lowest BCUT2D eigenvalue weighted by Crippen LogP contribution is -2.38. The molecule has 0 bridgehead atoms. The number of ether oxygens (including phenoxy) is 1. The van der Waals surface area contributed by atoms with Crippen molar-refractivity contribution < 1.29 is 19.4 Å². The average Bonchev–Trinajstić information content (AvgIpc) is 2.73. The summed E-state index contributed by atoms with van der Waals surface area (Å²) in [5.74, 6) is -1.64. The number of aryl methyl sites for hydroxylation is 1. The molecule has 0 spiro atoms. The first-order valence-corrected chi connectivity index (χ1v) is 7.67. The van der Waals surface area contributed by atoms with Gasteiger partial charge in [0.2, 0.25) is 5.91 Å². The summed E-state index contributed by atoms with van der Waals surface area (Å²) in [6.45, 7) is 1.19. The van der Waals surface area contributed by atoms with Gasteiger partial charge in [0.05, 0.1) is 25.6 Å². The zero-order valence-electron chi connectivity index (χ0n) is 13.1. The second-order valence-corrected chi connectivity index (χ2v) is 5.91. The van der Waals surface area contributed by atoms with E-state index in [-0.39, 0.29) is 25.5 Å². The van der Waals surface area contributed by atoms with Crippen molar-refractivity contribution in [2.45, 2.75) is 6.42 Å². The molecule has 1 amide bonds.